The number of fused-ring (bicyclic) bond motifs is 3. The molecular weight excluding hydrogens is 384 g/mol. The Labute approximate surface area is 173 Å². The molecule has 29 heavy (non-hydrogen) atoms. The van der Waals surface area contributed by atoms with Crippen molar-refractivity contribution in [3.63, 3.8) is 0 Å². The van der Waals surface area contributed by atoms with E-state index in [1.165, 1.54) is 14.4 Å². The standard InChI is InChI=1S/C22H24N4O2S/c1-14-3-6-16(7-4-14)9-26-22(28)21(27)25-11-17-10-24(13-19(17)20(25)23-26)12-18-8-5-15(2)29-18/h3-8,17,19H,9-13H2,1-2H3/t17-,19+/m0/s1. The molecule has 0 N–H and O–H groups in total. The first-order valence-electron chi connectivity index (χ1n) is 10.0. The Kier molecular flexibility index (Phi) is 4.52. The van der Waals surface area contributed by atoms with E-state index in [1.54, 1.807) is 4.57 Å². The molecule has 0 bridgehead atoms. The number of likely N-dealkylation sites (tertiary alicyclic amines) is 1. The lowest BCUT2D eigenvalue weighted by Gasteiger charge is -2.17. The third kappa shape index (κ3) is 3.38. The molecule has 3 aromatic rings. The monoisotopic (exact) mass is 408 g/mol. The number of hydrogen-bond donors (Lipinski definition) is 0. The van der Waals surface area contributed by atoms with Gasteiger partial charge in [-0.3, -0.25) is 19.1 Å². The number of nitrogens with zero attached hydrogens (tertiary/aromatic N) is 4. The molecule has 2 aliphatic rings. The Morgan fingerprint density at radius 3 is 2.48 bits per heavy atom. The number of rotatable bonds is 4. The maximum absolute atomic E-state index is 12.7. The summed E-state index contributed by atoms with van der Waals surface area (Å²) in [6.07, 6.45) is 0. The molecule has 2 aromatic heterocycles. The molecule has 1 fully saturated rings. The molecule has 0 saturated carbocycles. The van der Waals surface area contributed by atoms with Gasteiger partial charge in [-0.15, -0.1) is 11.3 Å². The molecule has 7 heteroatoms. The van der Waals surface area contributed by atoms with E-state index in [1.807, 2.05) is 42.5 Å². The minimum Gasteiger partial charge on any atom is -0.297 e. The van der Waals surface area contributed by atoms with Gasteiger partial charge >= 0.3 is 11.1 Å². The van der Waals surface area contributed by atoms with Gasteiger partial charge in [0.05, 0.1) is 6.54 Å². The summed E-state index contributed by atoms with van der Waals surface area (Å²) in [6.45, 7) is 7.86. The first kappa shape index (κ1) is 18.5. The van der Waals surface area contributed by atoms with Crippen LogP contribution in [0.2, 0.25) is 0 Å². The smallest absolute Gasteiger partial charge is 0.297 e. The van der Waals surface area contributed by atoms with Gasteiger partial charge in [0.1, 0.15) is 5.82 Å². The molecule has 4 heterocycles. The van der Waals surface area contributed by atoms with Gasteiger partial charge in [0.15, 0.2) is 0 Å². The zero-order valence-corrected chi connectivity index (χ0v) is 17.5. The van der Waals surface area contributed by atoms with E-state index >= 15 is 0 Å². The Bertz CT molecular complexity index is 1170. The molecule has 0 unspecified atom stereocenters. The number of aryl methyl sites for hydroxylation is 2. The van der Waals surface area contributed by atoms with Crippen molar-refractivity contribution in [2.24, 2.45) is 5.92 Å². The normalized spacial score (nSPS) is 20.8. The van der Waals surface area contributed by atoms with Crippen LogP contribution in [0.15, 0.2) is 46.0 Å². The molecule has 6 nitrogen and oxygen atoms in total. The van der Waals surface area contributed by atoms with Gasteiger partial charge in [-0.05, 0) is 31.5 Å². The van der Waals surface area contributed by atoms with Gasteiger partial charge in [-0.25, -0.2) is 4.68 Å². The van der Waals surface area contributed by atoms with Crippen molar-refractivity contribution in [3.8, 4) is 0 Å². The zero-order chi connectivity index (χ0) is 20.1. The molecule has 0 aliphatic carbocycles. The van der Waals surface area contributed by atoms with Crippen LogP contribution in [0.3, 0.4) is 0 Å². The number of thiophene rings is 1. The lowest BCUT2D eigenvalue weighted by molar-refractivity contribution is 0.306. The summed E-state index contributed by atoms with van der Waals surface area (Å²) in [4.78, 5) is 30.4. The summed E-state index contributed by atoms with van der Waals surface area (Å²) < 4.78 is 2.97. The summed E-state index contributed by atoms with van der Waals surface area (Å²) in [6, 6.07) is 12.4. The highest BCUT2D eigenvalue weighted by molar-refractivity contribution is 7.11. The van der Waals surface area contributed by atoms with Gasteiger partial charge in [0.2, 0.25) is 0 Å². The van der Waals surface area contributed by atoms with Crippen LogP contribution in [0.4, 0.5) is 0 Å². The molecule has 0 radical (unpaired) electrons. The third-order valence-electron chi connectivity index (χ3n) is 6.06. The van der Waals surface area contributed by atoms with Crippen molar-refractivity contribution in [2.45, 2.75) is 39.4 Å². The highest BCUT2D eigenvalue weighted by Gasteiger charge is 2.42. The second-order valence-corrected chi connectivity index (χ2v) is 9.67. The maximum atomic E-state index is 12.7. The summed E-state index contributed by atoms with van der Waals surface area (Å²) in [5, 5.41) is 4.66. The number of aromatic nitrogens is 3. The quantitative estimate of drug-likeness (QED) is 0.622. The van der Waals surface area contributed by atoms with Crippen LogP contribution in [-0.4, -0.2) is 32.3 Å². The van der Waals surface area contributed by atoms with E-state index in [0.29, 0.717) is 19.0 Å². The summed E-state index contributed by atoms with van der Waals surface area (Å²) >= 11 is 1.84. The van der Waals surface area contributed by atoms with Gasteiger partial charge in [0, 0.05) is 47.8 Å². The van der Waals surface area contributed by atoms with Crippen molar-refractivity contribution in [2.75, 3.05) is 13.1 Å². The Morgan fingerprint density at radius 2 is 1.76 bits per heavy atom. The second-order valence-electron chi connectivity index (χ2n) is 8.30. The zero-order valence-electron chi connectivity index (χ0n) is 16.7. The predicted octanol–water partition coefficient (Wildman–Crippen LogP) is 2.36. The van der Waals surface area contributed by atoms with Crippen molar-refractivity contribution in [1.29, 1.82) is 0 Å². The average molecular weight is 409 g/mol. The van der Waals surface area contributed by atoms with Crippen molar-refractivity contribution >= 4 is 11.3 Å². The van der Waals surface area contributed by atoms with Crippen LogP contribution in [0.5, 0.6) is 0 Å². The van der Waals surface area contributed by atoms with Crippen LogP contribution >= 0.6 is 11.3 Å². The highest BCUT2D eigenvalue weighted by Crippen LogP contribution is 2.38. The third-order valence-corrected chi connectivity index (χ3v) is 7.04. The first-order valence-corrected chi connectivity index (χ1v) is 10.8. The molecule has 1 aromatic carbocycles. The molecule has 5 rings (SSSR count). The topological polar surface area (TPSA) is 60.1 Å². The fourth-order valence-corrected chi connectivity index (χ4v) is 5.50. The second kappa shape index (κ2) is 7.07. The van der Waals surface area contributed by atoms with Crippen LogP contribution in [-0.2, 0) is 19.6 Å². The lowest BCUT2D eigenvalue weighted by atomic mass is 10.00. The van der Waals surface area contributed by atoms with E-state index in [0.717, 1.165) is 36.6 Å². The SMILES string of the molecule is Cc1ccc(Cn2nc3n(c(=O)c2=O)C[C@@H]2CN(Cc4ccc(C)s4)C[C@@H]32)cc1. The van der Waals surface area contributed by atoms with Crippen LogP contribution in [0, 0.1) is 19.8 Å². The number of benzene rings is 1. The van der Waals surface area contributed by atoms with E-state index in [9.17, 15) is 9.59 Å². The van der Waals surface area contributed by atoms with E-state index in [-0.39, 0.29) is 5.92 Å². The maximum Gasteiger partial charge on any atom is 0.332 e. The van der Waals surface area contributed by atoms with Crippen molar-refractivity contribution in [1.82, 2.24) is 19.2 Å². The lowest BCUT2D eigenvalue weighted by Crippen LogP contribution is -2.44. The van der Waals surface area contributed by atoms with Crippen molar-refractivity contribution in [3.05, 3.63) is 83.8 Å². The Hall–Kier alpha value is -2.51. The first-order chi connectivity index (χ1) is 14.0. The predicted molar refractivity (Wildman–Crippen MR) is 114 cm³/mol. The van der Waals surface area contributed by atoms with Gasteiger partial charge in [-0.2, -0.15) is 5.10 Å². The van der Waals surface area contributed by atoms with Crippen LogP contribution in [0.25, 0.3) is 0 Å². The molecule has 150 valence electrons. The minimum atomic E-state index is -0.528. The fraction of sp³-hybridized carbons (Fsp3) is 0.409. The summed E-state index contributed by atoms with van der Waals surface area (Å²) in [7, 11) is 0. The highest BCUT2D eigenvalue weighted by atomic mass is 32.1. The van der Waals surface area contributed by atoms with Gasteiger partial charge in [-0.1, -0.05) is 29.8 Å². The van der Waals surface area contributed by atoms with Gasteiger partial charge in [0.25, 0.3) is 0 Å². The van der Waals surface area contributed by atoms with E-state index < -0.39 is 11.1 Å². The molecule has 0 spiro atoms. The Morgan fingerprint density at radius 1 is 0.966 bits per heavy atom. The summed E-state index contributed by atoms with van der Waals surface area (Å²) in [5.74, 6) is 1.34. The average Bonchev–Trinajstić information content (AvgIpc) is 3.37. The molecular formula is C22H24N4O2S. The molecule has 0 amide bonds. The van der Waals surface area contributed by atoms with Gasteiger partial charge < -0.3 is 0 Å². The Balaban J connectivity index is 1.41. The van der Waals surface area contributed by atoms with Crippen LogP contribution in [0.1, 0.15) is 32.6 Å². The minimum absolute atomic E-state index is 0.216. The van der Waals surface area contributed by atoms with E-state index in [2.05, 4.69) is 29.1 Å². The van der Waals surface area contributed by atoms with Crippen LogP contribution < -0.4 is 11.1 Å². The molecule has 2 atom stereocenters. The molecule has 2 aliphatic heterocycles. The van der Waals surface area contributed by atoms with E-state index in [4.69, 9.17) is 0 Å². The largest absolute Gasteiger partial charge is 0.332 e. The summed E-state index contributed by atoms with van der Waals surface area (Å²) in [5.41, 5.74) is 1.18. The molecule has 1 saturated heterocycles. The number of hydrogen-bond acceptors (Lipinski definition) is 5. The fourth-order valence-electron chi connectivity index (χ4n) is 4.57. The van der Waals surface area contributed by atoms with Crippen molar-refractivity contribution < 1.29 is 0 Å².